The molecular formula is C11H14F3N5. The molecule has 0 saturated heterocycles. The third-order valence-corrected chi connectivity index (χ3v) is 2.38. The highest BCUT2D eigenvalue weighted by atomic mass is 19.4. The van der Waals surface area contributed by atoms with Gasteiger partial charge in [-0.15, -0.1) is 0 Å². The van der Waals surface area contributed by atoms with Gasteiger partial charge in [0, 0.05) is 26.7 Å². The first-order valence-electron chi connectivity index (χ1n) is 5.52. The first-order chi connectivity index (χ1) is 8.77. The Morgan fingerprint density at radius 1 is 1.47 bits per heavy atom. The molecule has 8 heteroatoms. The molecule has 5 nitrogen and oxygen atoms in total. The molecule has 0 amide bonds. The van der Waals surface area contributed by atoms with E-state index in [1.54, 1.807) is 14.0 Å². The monoisotopic (exact) mass is 273 g/mol. The molecule has 0 spiro atoms. The summed E-state index contributed by atoms with van der Waals surface area (Å²) in [4.78, 5) is 8.34. The van der Waals surface area contributed by atoms with Crippen molar-refractivity contribution in [3.8, 4) is 6.07 Å². The van der Waals surface area contributed by atoms with Gasteiger partial charge in [-0.2, -0.15) is 18.4 Å². The van der Waals surface area contributed by atoms with Crippen LogP contribution in [-0.2, 0) is 6.18 Å². The molecule has 1 aromatic rings. The maximum atomic E-state index is 12.7. The molecule has 1 unspecified atom stereocenters. The second kappa shape index (κ2) is 5.73. The van der Waals surface area contributed by atoms with Crippen LogP contribution >= 0.6 is 0 Å². The lowest BCUT2D eigenvalue weighted by atomic mass is 10.2. The molecule has 0 aliphatic carbocycles. The van der Waals surface area contributed by atoms with Crippen LogP contribution in [0.5, 0.6) is 0 Å². The molecule has 1 rings (SSSR count). The molecule has 0 aliphatic rings. The van der Waals surface area contributed by atoms with Gasteiger partial charge >= 0.3 is 6.18 Å². The molecule has 1 N–H and O–H groups in total. The Hall–Kier alpha value is -2.04. The number of halogens is 3. The van der Waals surface area contributed by atoms with Gasteiger partial charge in [-0.05, 0) is 6.92 Å². The number of hydrogen-bond acceptors (Lipinski definition) is 5. The highest BCUT2D eigenvalue weighted by molar-refractivity contribution is 5.49. The summed E-state index contributed by atoms with van der Waals surface area (Å²) < 4.78 is 38.0. The zero-order chi connectivity index (χ0) is 14.6. The number of rotatable bonds is 4. The van der Waals surface area contributed by atoms with Crippen molar-refractivity contribution < 1.29 is 13.2 Å². The Kier molecular flexibility index (Phi) is 4.53. The van der Waals surface area contributed by atoms with Crippen molar-refractivity contribution in [2.45, 2.75) is 13.1 Å². The molecule has 1 heterocycles. The Bertz CT molecular complexity index is 480. The van der Waals surface area contributed by atoms with Crippen molar-refractivity contribution in [1.29, 1.82) is 5.26 Å². The number of nitriles is 1. The molecule has 0 aliphatic heterocycles. The van der Waals surface area contributed by atoms with E-state index >= 15 is 0 Å². The minimum atomic E-state index is -4.61. The number of alkyl halides is 3. The number of aromatic nitrogens is 2. The summed E-state index contributed by atoms with van der Waals surface area (Å²) in [5.74, 6) is -1.32. The van der Waals surface area contributed by atoms with Crippen molar-refractivity contribution in [2.24, 2.45) is 5.92 Å². The maximum absolute atomic E-state index is 12.7. The third-order valence-electron chi connectivity index (χ3n) is 2.38. The Morgan fingerprint density at radius 3 is 2.58 bits per heavy atom. The summed E-state index contributed by atoms with van der Waals surface area (Å²) >= 11 is 0. The molecule has 0 bridgehead atoms. The number of nitrogens with zero attached hydrogens (tertiary/aromatic N) is 4. The summed E-state index contributed by atoms with van der Waals surface area (Å²) in [7, 11) is 3.06. The van der Waals surface area contributed by atoms with Crippen molar-refractivity contribution >= 4 is 11.6 Å². The molecule has 19 heavy (non-hydrogen) atoms. The zero-order valence-electron chi connectivity index (χ0n) is 10.8. The van der Waals surface area contributed by atoms with E-state index in [9.17, 15) is 13.2 Å². The van der Waals surface area contributed by atoms with Crippen LogP contribution in [0.2, 0.25) is 0 Å². The molecule has 0 aromatic carbocycles. The van der Waals surface area contributed by atoms with Crippen LogP contribution in [0.1, 0.15) is 12.7 Å². The summed E-state index contributed by atoms with van der Waals surface area (Å²) in [6, 6.07) is 3.42. The Balaban J connectivity index is 3.10. The van der Waals surface area contributed by atoms with Crippen LogP contribution in [-0.4, -0.2) is 30.6 Å². The fourth-order valence-corrected chi connectivity index (χ4v) is 1.43. The topological polar surface area (TPSA) is 64.8 Å². The van der Waals surface area contributed by atoms with E-state index in [-0.39, 0.29) is 24.1 Å². The van der Waals surface area contributed by atoms with E-state index in [2.05, 4.69) is 15.3 Å². The second-order valence-corrected chi connectivity index (χ2v) is 4.09. The molecule has 104 valence electrons. The molecular weight excluding hydrogens is 259 g/mol. The van der Waals surface area contributed by atoms with E-state index in [1.165, 1.54) is 18.0 Å². The van der Waals surface area contributed by atoms with Gasteiger partial charge in [0.15, 0.2) is 0 Å². The van der Waals surface area contributed by atoms with Gasteiger partial charge < -0.3 is 10.2 Å². The van der Waals surface area contributed by atoms with Gasteiger partial charge in [-0.1, -0.05) is 0 Å². The molecule has 0 radical (unpaired) electrons. The number of anilines is 2. The Morgan fingerprint density at radius 2 is 2.11 bits per heavy atom. The van der Waals surface area contributed by atoms with Gasteiger partial charge in [0.2, 0.25) is 5.82 Å². The minimum Gasteiger partial charge on any atom is -0.373 e. The fraction of sp³-hybridized carbons (Fsp3) is 0.545. The van der Waals surface area contributed by atoms with Gasteiger partial charge in [-0.3, -0.25) is 0 Å². The summed E-state index contributed by atoms with van der Waals surface area (Å²) in [6.45, 7) is 1.97. The normalized spacial score (nSPS) is 12.7. The second-order valence-electron chi connectivity index (χ2n) is 4.09. The van der Waals surface area contributed by atoms with E-state index in [4.69, 9.17) is 5.26 Å². The Labute approximate surface area is 109 Å². The van der Waals surface area contributed by atoms with Crippen molar-refractivity contribution in [3.63, 3.8) is 0 Å². The minimum absolute atomic E-state index is 0.0776. The van der Waals surface area contributed by atoms with Gasteiger partial charge in [0.1, 0.15) is 11.6 Å². The standard InChI is InChI=1S/C11H14F3N5/c1-7(5-15)6-19(3)9-4-8(16-2)17-10(18-9)11(12,13)14/h4,7H,6H2,1-3H3,(H,16,17,18). The molecule has 0 saturated carbocycles. The van der Waals surface area contributed by atoms with Crippen LogP contribution in [0.25, 0.3) is 0 Å². The van der Waals surface area contributed by atoms with E-state index in [0.717, 1.165) is 0 Å². The smallest absolute Gasteiger partial charge is 0.373 e. The van der Waals surface area contributed by atoms with E-state index < -0.39 is 12.0 Å². The van der Waals surface area contributed by atoms with E-state index in [1.807, 2.05) is 6.07 Å². The summed E-state index contributed by atoms with van der Waals surface area (Å²) in [5.41, 5.74) is 0. The van der Waals surface area contributed by atoms with Crippen LogP contribution in [0.4, 0.5) is 24.8 Å². The quantitative estimate of drug-likeness (QED) is 0.910. The van der Waals surface area contributed by atoms with Crippen molar-refractivity contribution in [1.82, 2.24) is 9.97 Å². The highest BCUT2D eigenvalue weighted by Gasteiger charge is 2.35. The average molecular weight is 273 g/mol. The maximum Gasteiger partial charge on any atom is 0.451 e. The molecule has 0 fully saturated rings. The predicted molar refractivity (Wildman–Crippen MR) is 64.6 cm³/mol. The lowest BCUT2D eigenvalue weighted by molar-refractivity contribution is -0.144. The first kappa shape index (κ1) is 15.0. The average Bonchev–Trinajstić information content (AvgIpc) is 2.36. The number of hydrogen-bond donors (Lipinski definition) is 1. The lowest BCUT2D eigenvalue weighted by Crippen LogP contribution is -2.25. The van der Waals surface area contributed by atoms with Crippen molar-refractivity contribution in [3.05, 3.63) is 11.9 Å². The van der Waals surface area contributed by atoms with Gasteiger partial charge in [0.25, 0.3) is 0 Å². The molecule has 1 atom stereocenters. The van der Waals surface area contributed by atoms with Crippen LogP contribution < -0.4 is 10.2 Å². The largest absolute Gasteiger partial charge is 0.451 e. The lowest BCUT2D eigenvalue weighted by Gasteiger charge is -2.20. The summed E-state index contributed by atoms with van der Waals surface area (Å²) in [5, 5.41) is 11.3. The van der Waals surface area contributed by atoms with Gasteiger partial charge in [0.05, 0.1) is 12.0 Å². The SMILES string of the molecule is CNc1cc(N(C)CC(C)C#N)nc(C(F)(F)F)n1. The van der Waals surface area contributed by atoms with Crippen LogP contribution in [0.15, 0.2) is 6.07 Å². The fourth-order valence-electron chi connectivity index (χ4n) is 1.43. The predicted octanol–water partition coefficient (Wildman–Crippen LogP) is 2.13. The highest BCUT2D eigenvalue weighted by Crippen LogP contribution is 2.29. The number of nitrogens with one attached hydrogen (secondary N) is 1. The van der Waals surface area contributed by atoms with Crippen LogP contribution in [0, 0.1) is 17.2 Å². The molecule has 1 aromatic heterocycles. The zero-order valence-corrected chi connectivity index (χ0v) is 10.8. The van der Waals surface area contributed by atoms with Crippen LogP contribution in [0.3, 0.4) is 0 Å². The van der Waals surface area contributed by atoms with E-state index in [0.29, 0.717) is 0 Å². The van der Waals surface area contributed by atoms with Gasteiger partial charge in [-0.25, -0.2) is 9.97 Å². The van der Waals surface area contributed by atoms with Crippen molar-refractivity contribution in [2.75, 3.05) is 30.9 Å². The summed E-state index contributed by atoms with van der Waals surface area (Å²) in [6.07, 6.45) is -4.61. The third kappa shape index (κ3) is 3.98. The first-order valence-corrected chi connectivity index (χ1v) is 5.52.